The van der Waals surface area contributed by atoms with Crippen molar-refractivity contribution in [3.05, 3.63) is 29.8 Å². The van der Waals surface area contributed by atoms with Crippen molar-refractivity contribution in [3.8, 4) is 0 Å². The second kappa shape index (κ2) is 4.45. The third kappa shape index (κ3) is 2.36. The van der Waals surface area contributed by atoms with Gasteiger partial charge in [0, 0.05) is 5.69 Å². The van der Waals surface area contributed by atoms with Gasteiger partial charge < -0.3 is 10.1 Å². The summed E-state index contributed by atoms with van der Waals surface area (Å²) in [5.41, 5.74) is 2.14. The van der Waals surface area contributed by atoms with Crippen molar-refractivity contribution in [2.24, 2.45) is 5.92 Å². The molecule has 3 nitrogen and oxygen atoms in total. The maximum Gasteiger partial charge on any atom is 0.232 e. The van der Waals surface area contributed by atoms with Crippen molar-refractivity contribution in [1.29, 1.82) is 0 Å². The fourth-order valence-electron chi connectivity index (χ4n) is 1.46. The highest BCUT2D eigenvalue weighted by atomic mass is 16.5. The number of ether oxygens (including phenoxy) is 1. The molecule has 0 bridgehead atoms. The van der Waals surface area contributed by atoms with Gasteiger partial charge in [0.1, 0.15) is 0 Å². The first-order valence-electron chi connectivity index (χ1n) is 5.27. The van der Waals surface area contributed by atoms with E-state index in [1.54, 1.807) is 0 Å². The van der Waals surface area contributed by atoms with E-state index in [4.69, 9.17) is 4.74 Å². The van der Waals surface area contributed by atoms with Crippen molar-refractivity contribution in [3.63, 3.8) is 0 Å². The number of nitrogens with one attached hydrogen (secondary N) is 1. The molecule has 15 heavy (non-hydrogen) atoms. The molecule has 1 N–H and O–H groups in total. The maximum absolute atomic E-state index is 11.6. The van der Waals surface area contributed by atoms with E-state index in [0.29, 0.717) is 13.2 Å². The molecule has 0 saturated carbocycles. The molecule has 1 saturated heterocycles. The molecule has 0 unspecified atom stereocenters. The number of benzene rings is 1. The van der Waals surface area contributed by atoms with E-state index in [1.165, 1.54) is 5.56 Å². The van der Waals surface area contributed by atoms with Crippen LogP contribution in [-0.4, -0.2) is 19.1 Å². The van der Waals surface area contributed by atoms with Crippen LogP contribution in [0.15, 0.2) is 24.3 Å². The van der Waals surface area contributed by atoms with Crippen LogP contribution in [0, 0.1) is 5.92 Å². The van der Waals surface area contributed by atoms with Crippen LogP contribution in [0.25, 0.3) is 0 Å². The summed E-state index contributed by atoms with van der Waals surface area (Å²) in [5.74, 6) is 0.0985. The largest absolute Gasteiger partial charge is 0.380 e. The number of rotatable bonds is 3. The van der Waals surface area contributed by atoms with E-state index in [-0.39, 0.29) is 11.8 Å². The molecule has 3 heteroatoms. The normalized spacial score (nSPS) is 15.8. The lowest BCUT2D eigenvalue weighted by Crippen LogP contribution is -2.38. The molecule has 1 aromatic carbocycles. The third-order valence-electron chi connectivity index (χ3n) is 2.64. The summed E-state index contributed by atoms with van der Waals surface area (Å²) in [7, 11) is 0. The van der Waals surface area contributed by atoms with E-state index in [9.17, 15) is 4.79 Å². The molecule has 1 fully saturated rings. The highest BCUT2D eigenvalue weighted by molar-refractivity contribution is 5.93. The van der Waals surface area contributed by atoms with Crippen molar-refractivity contribution < 1.29 is 9.53 Å². The van der Waals surface area contributed by atoms with Crippen LogP contribution in [0.4, 0.5) is 5.69 Å². The Morgan fingerprint density at radius 1 is 1.40 bits per heavy atom. The Balaban J connectivity index is 1.94. The van der Waals surface area contributed by atoms with Crippen LogP contribution in [0.3, 0.4) is 0 Å². The Bertz CT molecular complexity index is 341. The molecule has 0 aromatic heterocycles. The smallest absolute Gasteiger partial charge is 0.232 e. The summed E-state index contributed by atoms with van der Waals surface area (Å²) < 4.78 is 4.97. The van der Waals surface area contributed by atoms with Gasteiger partial charge in [-0.1, -0.05) is 19.1 Å². The molecule has 0 radical (unpaired) electrons. The van der Waals surface area contributed by atoms with Gasteiger partial charge in [-0.05, 0) is 24.1 Å². The number of carbonyl (C=O) groups is 1. The first kappa shape index (κ1) is 10.2. The minimum atomic E-state index is 0.0378. The van der Waals surface area contributed by atoms with Gasteiger partial charge in [0.25, 0.3) is 0 Å². The SMILES string of the molecule is CCc1ccc(NC(=O)C2COC2)cc1. The Labute approximate surface area is 89.4 Å². The Hall–Kier alpha value is -1.35. The van der Waals surface area contributed by atoms with Gasteiger partial charge in [-0.15, -0.1) is 0 Å². The van der Waals surface area contributed by atoms with E-state index in [2.05, 4.69) is 12.2 Å². The molecule has 0 spiro atoms. The summed E-state index contributed by atoms with van der Waals surface area (Å²) in [6.07, 6.45) is 1.02. The second-order valence-electron chi connectivity index (χ2n) is 3.77. The van der Waals surface area contributed by atoms with Gasteiger partial charge in [0.2, 0.25) is 5.91 Å². The summed E-state index contributed by atoms with van der Waals surface area (Å²) >= 11 is 0. The minimum Gasteiger partial charge on any atom is -0.380 e. The molecule has 1 heterocycles. The first-order valence-corrected chi connectivity index (χ1v) is 5.27. The fraction of sp³-hybridized carbons (Fsp3) is 0.417. The number of anilines is 1. The van der Waals surface area contributed by atoms with Crippen molar-refractivity contribution in [2.45, 2.75) is 13.3 Å². The Morgan fingerprint density at radius 3 is 2.53 bits per heavy atom. The molecule has 2 rings (SSSR count). The average Bonchev–Trinajstić information content (AvgIpc) is 2.16. The van der Waals surface area contributed by atoms with E-state index in [1.807, 2.05) is 24.3 Å². The van der Waals surface area contributed by atoms with Crippen molar-refractivity contribution in [2.75, 3.05) is 18.5 Å². The molecule has 80 valence electrons. The molecule has 1 aliphatic heterocycles. The lowest BCUT2D eigenvalue weighted by molar-refractivity contribution is -0.133. The van der Waals surface area contributed by atoms with Crippen molar-refractivity contribution in [1.82, 2.24) is 0 Å². The minimum absolute atomic E-state index is 0.0378. The van der Waals surface area contributed by atoms with Crippen LogP contribution >= 0.6 is 0 Å². The number of aryl methyl sites for hydroxylation is 1. The molecule has 1 amide bonds. The summed E-state index contributed by atoms with van der Waals surface area (Å²) in [4.78, 5) is 11.6. The number of carbonyl (C=O) groups excluding carboxylic acids is 1. The summed E-state index contributed by atoms with van der Waals surface area (Å²) in [5, 5.41) is 2.88. The van der Waals surface area contributed by atoms with Gasteiger partial charge in [-0.3, -0.25) is 4.79 Å². The molecule has 0 aliphatic carbocycles. The lowest BCUT2D eigenvalue weighted by Gasteiger charge is -2.24. The van der Waals surface area contributed by atoms with E-state index in [0.717, 1.165) is 12.1 Å². The van der Waals surface area contributed by atoms with Crippen LogP contribution in [0.5, 0.6) is 0 Å². The van der Waals surface area contributed by atoms with Gasteiger partial charge in [-0.25, -0.2) is 0 Å². The summed E-state index contributed by atoms with van der Waals surface area (Å²) in [6, 6.07) is 7.95. The van der Waals surface area contributed by atoms with Crippen LogP contribution in [-0.2, 0) is 16.0 Å². The molecule has 1 aliphatic rings. The quantitative estimate of drug-likeness (QED) is 0.817. The highest BCUT2D eigenvalue weighted by Gasteiger charge is 2.26. The molecular weight excluding hydrogens is 190 g/mol. The number of amides is 1. The highest BCUT2D eigenvalue weighted by Crippen LogP contribution is 2.15. The fourth-order valence-corrected chi connectivity index (χ4v) is 1.46. The monoisotopic (exact) mass is 205 g/mol. The topological polar surface area (TPSA) is 38.3 Å². The zero-order valence-electron chi connectivity index (χ0n) is 8.82. The predicted molar refractivity (Wildman–Crippen MR) is 58.8 cm³/mol. The van der Waals surface area contributed by atoms with Gasteiger partial charge in [0.05, 0.1) is 19.1 Å². The summed E-state index contributed by atoms with van der Waals surface area (Å²) in [6.45, 7) is 3.22. The maximum atomic E-state index is 11.6. The van der Waals surface area contributed by atoms with Crippen LogP contribution in [0.2, 0.25) is 0 Å². The number of hydrogen-bond acceptors (Lipinski definition) is 2. The molecule has 1 aromatic rings. The average molecular weight is 205 g/mol. The third-order valence-corrected chi connectivity index (χ3v) is 2.64. The predicted octanol–water partition coefficient (Wildman–Crippen LogP) is 1.83. The van der Waals surface area contributed by atoms with Gasteiger partial charge in [0.15, 0.2) is 0 Å². The zero-order chi connectivity index (χ0) is 10.7. The molecule has 0 atom stereocenters. The molecular formula is C12H15NO2. The van der Waals surface area contributed by atoms with Crippen molar-refractivity contribution >= 4 is 11.6 Å². The Kier molecular flexibility index (Phi) is 3.02. The Morgan fingerprint density at radius 2 is 2.07 bits per heavy atom. The zero-order valence-corrected chi connectivity index (χ0v) is 8.82. The van der Waals surface area contributed by atoms with Gasteiger partial charge in [-0.2, -0.15) is 0 Å². The van der Waals surface area contributed by atoms with E-state index < -0.39 is 0 Å². The second-order valence-corrected chi connectivity index (χ2v) is 3.77. The van der Waals surface area contributed by atoms with Gasteiger partial charge >= 0.3 is 0 Å². The van der Waals surface area contributed by atoms with Crippen LogP contribution < -0.4 is 5.32 Å². The standard InChI is InChI=1S/C12H15NO2/c1-2-9-3-5-11(6-4-9)13-12(14)10-7-15-8-10/h3-6,10H,2,7-8H2,1H3,(H,13,14). The van der Waals surface area contributed by atoms with Crippen LogP contribution in [0.1, 0.15) is 12.5 Å². The van der Waals surface area contributed by atoms with E-state index >= 15 is 0 Å². The first-order chi connectivity index (χ1) is 7.29. The number of hydrogen-bond donors (Lipinski definition) is 1. The lowest BCUT2D eigenvalue weighted by atomic mass is 10.1.